The summed E-state index contributed by atoms with van der Waals surface area (Å²) >= 11 is 0. The number of nitrogens with two attached hydrogens (primary N) is 1. The molecule has 3 aromatic heterocycles. The van der Waals surface area contributed by atoms with E-state index in [-0.39, 0.29) is 65.8 Å². The fraction of sp³-hybridized carbons (Fsp3) is 0.586. The summed E-state index contributed by atoms with van der Waals surface area (Å²) in [7, 11) is -10.2. The van der Waals surface area contributed by atoms with Gasteiger partial charge in [-0.15, -0.1) is 0 Å². The fourth-order valence-electron chi connectivity index (χ4n) is 6.30. The van der Waals surface area contributed by atoms with E-state index in [1.165, 1.54) is 38.5 Å². The topological polar surface area (TPSA) is 350 Å². The third-order valence-corrected chi connectivity index (χ3v) is 11.2. The van der Waals surface area contributed by atoms with E-state index in [1.54, 1.807) is 0 Å². The van der Waals surface area contributed by atoms with Crippen LogP contribution in [-0.4, -0.2) is 135 Å². The van der Waals surface area contributed by atoms with Crippen LogP contribution in [0.15, 0.2) is 48.6 Å². The van der Waals surface area contributed by atoms with Crippen LogP contribution in [0.4, 0.5) is 5.82 Å². The molecule has 0 aliphatic carbocycles. The number of aliphatic hydroxyl groups excluding tert-OH is 2. The molecule has 0 bridgehead atoms. The van der Waals surface area contributed by atoms with Crippen molar-refractivity contribution in [2.24, 2.45) is 0 Å². The number of rotatable bonds is 14. The number of H-pyrrole nitrogens is 2. The normalized spacial score (nSPS) is 29.5. The molecule has 309 valence electrons. The minimum absolute atomic E-state index is 0. The second-order valence-corrected chi connectivity index (χ2v) is 16.0. The fourth-order valence-corrected chi connectivity index (χ4v) is 8.22. The monoisotopic (exact) mass is 858 g/mol. The number of anilines is 1. The van der Waals surface area contributed by atoms with Crippen molar-refractivity contribution in [3.8, 4) is 0 Å². The summed E-state index contributed by atoms with van der Waals surface area (Å²) in [4.78, 5) is 90.3. The molecule has 6 rings (SSSR count). The Hall–Kier alpha value is -2.94. The van der Waals surface area contributed by atoms with Crippen molar-refractivity contribution in [1.29, 1.82) is 0 Å². The molecule has 8 N–H and O–H groups in total. The Morgan fingerprint density at radius 1 is 0.789 bits per heavy atom. The van der Waals surface area contributed by atoms with E-state index in [2.05, 4.69) is 15.0 Å². The Morgan fingerprint density at radius 3 is 1.75 bits per heavy atom. The van der Waals surface area contributed by atoms with Gasteiger partial charge in [0.05, 0.1) is 25.9 Å². The van der Waals surface area contributed by atoms with Crippen LogP contribution in [0.5, 0.6) is 0 Å². The van der Waals surface area contributed by atoms with Gasteiger partial charge >= 0.3 is 32.7 Å². The van der Waals surface area contributed by atoms with Crippen LogP contribution in [0, 0.1) is 13.8 Å². The molecule has 3 saturated heterocycles. The van der Waals surface area contributed by atoms with E-state index in [1.807, 2.05) is 0 Å². The molecule has 3 aromatic rings. The molecule has 0 aromatic carbocycles. The molecule has 3 fully saturated rings. The maximum absolute atomic E-state index is 13.2. The van der Waals surface area contributed by atoms with Gasteiger partial charge in [-0.05, 0) is 19.9 Å². The first kappa shape index (κ1) is 45.1. The largest absolute Gasteiger partial charge is 0.472 e. The smallest absolute Gasteiger partial charge is 0.394 e. The van der Waals surface area contributed by atoms with Crippen LogP contribution in [-0.2, 0) is 41.4 Å². The molecule has 28 heteroatoms. The number of aromatic amines is 2. The zero-order chi connectivity index (χ0) is 40.7. The van der Waals surface area contributed by atoms with Gasteiger partial charge in [0.25, 0.3) is 11.1 Å². The third-order valence-electron chi connectivity index (χ3n) is 9.16. The van der Waals surface area contributed by atoms with Crippen LogP contribution >= 0.6 is 15.6 Å². The van der Waals surface area contributed by atoms with E-state index in [9.17, 15) is 53.1 Å². The average Bonchev–Trinajstić information content (AvgIpc) is 3.82. The van der Waals surface area contributed by atoms with Gasteiger partial charge in [-0.3, -0.25) is 51.4 Å². The number of nitrogens with zero attached hydrogens (tertiary/aromatic N) is 4. The first-order valence-electron chi connectivity index (χ1n) is 16.9. The van der Waals surface area contributed by atoms with Gasteiger partial charge < -0.3 is 39.9 Å². The summed E-state index contributed by atoms with van der Waals surface area (Å²) < 4.78 is 67.5. The number of aromatic nitrogens is 6. The molecule has 0 spiro atoms. The SMILES string of the molecule is Cc1cn(C2CC(OP(=O)(O)OCC3OC(n4cc(C)c(=O)[nH]c4=O)CC3OP(=O)(O)OCC3OC(n4ccc(N)nc4=O)CC3O)C(CO)O2)c(=O)[nH]c1=O.[Na]. The number of hydrogen-bond acceptors (Lipinski definition) is 18. The zero-order valence-corrected chi connectivity index (χ0v) is 34.3. The Bertz CT molecular complexity index is 2330. The molecule has 0 saturated carbocycles. The molecule has 57 heavy (non-hydrogen) atoms. The van der Waals surface area contributed by atoms with Crippen molar-refractivity contribution in [1.82, 2.24) is 28.7 Å². The molecular weight excluding hydrogens is 819 g/mol. The number of aliphatic hydroxyl groups is 2. The summed E-state index contributed by atoms with van der Waals surface area (Å²) in [6, 6.07) is 1.34. The van der Waals surface area contributed by atoms with Gasteiger partial charge in [-0.25, -0.2) is 23.5 Å². The molecule has 1 radical (unpaired) electrons. The van der Waals surface area contributed by atoms with Gasteiger partial charge in [-0.2, -0.15) is 4.98 Å². The first-order chi connectivity index (χ1) is 26.3. The van der Waals surface area contributed by atoms with Crippen LogP contribution in [0.1, 0.15) is 49.1 Å². The maximum atomic E-state index is 13.2. The standard InChI is InChI=1S/C29H39N7O18P2.Na/c1-13-8-35(28(42)32-25(13)39)23-6-16(18(10-37)50-23)53-56(46,47)49-12-20-17(7-24(52-20)36-9-14(2)26(40)33-29(36)43)54-55(44,45)48-11-19-15(38)5-22(51-19)34-4-3-21(30)31-27(34)41;/h3-4,8-9,15-20,22-24,37-38H,5-7,10-12H2,1-2H3,(H,44,45)(H,46,47)(H2,30,31,41)(H,32,39,42)(H,33,40,43);. The summed E-state index contributed by atoms with van der Waals surface area (Å²) in [6.07, 6.45) is -8.41. The number of phosphoric ester groups is 2. The third kappa shape index (κ3) is 10.6. The van der Waals surface area contributed by atoms with Crippen LogP contribution in [0.25, 0.3) is 0 Å². The molecule has 3 aliphatic heterocycles. The van der Waals surface area contributed by atoms with Crippen molar-refractivity contribution in [3.63, 3.8) is 0 Å². The van der Waals surface area contributed by atoms with Gasteiger partial charge in [0.1, 0.15) is 55.0 Å². The molecule has 6 heterocycles. The molecular formula is C29H39N7NaO18P2. The van der Waals surface area contributed by atoms with Crippen molar-refractivity contribution < 1.29 is 61.4 Å². The number of phosphoric acid groups is 2. The van der Waals surface area contributed by atoms with E-state index in [0.29, 0.717) is 0 Å². The van der Waals surface area contributed by atoms with E-state index in [0.717, 1.165) is 13.7 Å². The summed E-state index contributed by atoms with van der Waals surface area (Å²) in [5.74, 6) is -0.0371. The van der Waals surface area contributed by atoms with Gasteiger partial charge in [-0.1, -0.05) is 0 Å². The van der Waals surface area contributed by atoms with E-state index in [4.69, 9.17) is 38.0 Å². The van der Waals surface area contributed by atoms with Crippen molar-refractivity contribution in [2.75, 3.05) is 25.6 Å². The predicted octanol–water partition coefficient (Wildman–Crippen LogP) is -2.62. The molecule has 3 aliphatic rings. The van der Waals surface area contributed by atoms with E-state index < -0.39 is 119 Å². The quantitative estimate of drug-likeness (QED) is 0.0644. The number of nitrogen functional groups attached to an aromatic ring is 1. The Balaban J connectivity index is 0.00000620. The van der Waals surface area contributed by atoms with Gasteiger partial charge in [0.2, 0.25) is 0 Å². The molecule has 0 amide bonds. The molecule has 11 atom stereocenters. The van der Waals surface area contributed by atoms with Crippen molar-refractivity contribution in [2.45, 2.75) is 88.4 Å². The van der Waals surface area contributed by atoms with Gasteiger partial charge in [0, 0.05) is 78.5 Å². The first-order valence-corrected chi connectivity index (χ1v) is 19.9. The van der Waals surface area contributed by atoms with Crippen molar-refractivity contribution in [3.05, 3.63) is 87.9 Å². The number of aryl methyl sites for hydroxylation is 2. The molecule has 11 unspecified atom stereocenters. The van der Waals surface area contributed by atoms with Crippen LogP contribution in [0.2, 0.25) is 0 Å². The zero-order valence-electron chi connectivity index (χ0n) is 30.5. The number of nitrogens with one attached hydrogen (secondary N) is 2. The van der Waals surface area contributed by atoms with Crippen LogP contribution in [0.3, 0.4) is 0 Å². The van der Waals surface area contributed by atoms with E-state index >= 15 is 0 Å². The van der Waals surface area contributed by atoms with Gasteiger partial charge in [0.15, 0.2) is 0 Å². The maximum Gasteiger partial charge on any atom is 0.472 e. The Labute approximate surface area is 341 Å². The van der Waals surface area contributed by atoms with Crippen LogP contribution < -0.4 is 33.9 Å². The summed E-state index contributed by atoms with van der Waals surface area (Å²) in [5.41, 5.74) is 1.97. The molecule has 25 nitrogen and oxygen atoms in total. The Morgan fingerprint density at radius 2 is 1.25 bits per heavy atom. The minimum atomic E-state index is -5.09. The number of hydrogen-bond donors (Lipinski definition) is 7. The predicted molar refractivity (Wildman–Crippen MR) is 191 cm³/mol. The second-order valence-electron chi connectivity index (χ2n) is 13.2. The number of ether oxygens (including phenoxy) is 3. The minimum Gasteiger partial charge on any atom is -0.394 e. The average molecular weight is 859 g/mol. The Kier molecular flexibility index (Phi) is 14.4. The summed E-state index contributed by atoms with van der Waals surface area (Å²) in [6.45, 7) is 0.572. The van der Waals surface area contributed by atoms with Crippen molar-refractivity contribution >= 4 is 51.0 Å². The second kappa shape index (κ2) is 18.1. The summed E-state index contributed by atoms with van der Waals surface area (Å²) in [5, 5.41) is 20.4.